The highest BCUT2D eigenvalue weighted by molar-refractivity contribution is 5.15. The van der Waals surface area contributed by atoms with Crippen LogP contribution in [0.4, 0.5) is 74.6 Å². The van der Waals surface area contributed by atoms with Crippen LogP contribution in [0.15, 0.2) is 12.2 Å². The summed E-state index contributed by atoms with van der Waals surface area (Å²) in [5.74, 6) is -55.9. The minimum absolute atomic E-state index is 0.0628. The molecule has 0 bridgehead atoms. The van der Waals surface area contributed by atoms with E-state index in [2.05, 4.69) is 0 Å². The topological polar surface area (TPSA) is 0 Å². The molecule has 0 aliphatic carbocycles. The summed E-state index contributed by atoms with van der Waals surface area (Å²) in [4.78, 5) is 0. The Morgan fingerprint density at radius 1 is 0.448 bits per heavy atom. The van der Waals surface area contributed by atoms with Crippen molar-refractivity contribution in [2.75, 3.05) is 0 Å². The van der Waals surface area contributed by atoms with Crippen molar-refractivity contribution >= 4 is 0 Å². The zero-order chi connectivity index (χ0) is 24.1. The number of rotatable bonds is 8. The standard InChI is InChI=1S/C12H7F17/c1-2-3-4-5(13,14)6(15,16)7(17,18)8(19,20)9(21,22)10(23,24)11(25,26)12(27,28)29/h2-3H,4H2,1H3/b3-2-. The average Bonchev–Trinajstić information content (AvgIpc) is 2.50. The normalized spacial score (nSPS) is 16.6. The lowest BCUT2D eigenvalue weighted by atomic mass is 9.88. The largest absolute Gasteiger partial charge is 0.460 e. The van der Waals surface area contributed by atoms with Gasteiger partial charge in [-0.05, 0) is 6.92 Å². The third kappa shape index (κ3) is 3.61. The van der Waals surface area contributed by atoms with Gasteiger partial charge in [-0.2, -0.15) is 74.6 Å². The van der Waals surface area contributed by atoms with Crippen molar-refractivity contribution < 1.29 is 74.6 Å². The molecule has 0 aromatic heterocycles. The molecule has 0 unspecified atom stereocenters. The van der Waals surface area contributed by atoms with Crippen molar-refractivity contribution in [1.29, 1.82) is 0 Å². The first-order chi connectivity index (χ1) is 12.3. The van der Waals surface area contributed by atoms with Gasteiger partial charge in [-0.3, -0.25) is 0 Å². The maximum absolute atomic E-state index is 13.3. The third-order valence-corrected chi connectivity index (χ3v) is 3.40. The van der Waals surface area contributed by atoms with Crippen LogP contribution in [0.25, 0.3) is 0 Å². The van der Waals surface area contributed by atoms with Gasteiger partial charge in [0.1, 0.15) is 0 Å². The van der Waals surface area contributed by atoms with E-state index in [-0.39, 0.29) is 6.08 Å². The maximum atomic E-state index is 13.3. The Morgan fingerprint density at radius 2 is 0.724 bits per heavy atom. The molecule has 174 valence electrons. The molecule has 0 spiro atoms. The Hall–Kier alpha value is -1.45. The highest BCUT2D eigenvalue weighted by atomic mass is 19.4. The van der Waals surface area contributed by atoms with Crippen LogP contribution < -0.4 is 0 Å². The van der Waals surface area contributed by atoms with E-state index in [0.29, 0.717) is 6.08 Å². The number of hydrogen-bond donors (Lipinski definition) is 0. The van der Waals surface area contributed by atoms with Crippen LogP contribution in [0.2, 0.25) is 0 Å². The second kappa shape index (κ2) is 7.06. The summed E-state index contributed by atoms with van der Waals surface area (Å²) in [6.07, 6.45) is -9.88. The van der Waals surface area contributed by atoms with Crippen molar-refractivity contribution in [1.82, 2.24) is 0 Å². The molecular weight excluding hydrogens is 467 g/mol. The van der Waals surface area contributed by atoms with Gasteiger partial charge in [-0.1, -0.05) is 12.2 Å². The third-order valence-electron chi connectivity index (χ3n) is 3.40. The summed E-state index contributed by atoms with van der Waals surface area (Å²) >= 11 is 0. The molecule has 0 N–H and O–H groups in total. The van der Waals surface area contributed by atoms with Gasteiger partial charge in [0.05, 0.1) is 0 Å². The first-order valence-corrected chi connectivity index (χ1v) is 6.64. The SMILES string of the molecule is C/C=C\CC(F)(F)C(F)(F)C(F)(F)C(F)(F)C(F)(F)C(F)(F)C(F)(F)C(F)(F)F. The fourth-order valence-electron chi connectivity index (χ4n) is 1.59. The molecular formula is C12H7F17. The van der Waals surface area contributed by atoms with E-state index in [0.717, 1.165) is 6.92 Å². The highest BCUT2D eigenvalue weighted by Gasteiger charge is 2.95. The van der Waals surface area contributed by atoms with Crippen molar-refractivity contribution in [3.8, 4) is 0 Å². The molecule has 0 aliphatic heterocycles. The number of alkyl halides is 17. The lowest BCUT2D eigenvalue weighted by Crippen LogP contribution is -2.74. The fourth-order valence-corrected chi connectivity index (χ4v) is 1.59. The molecule has 0 amide bonds. The van der Waals surface area contributed by atoms with Gasteiger partial charge < -0.3 is 0 Å². The number of allylic oxidation sites excluding steroid dienone is 2. The van der Waals surface area contributed by atoms with Crippen molar-refractivity contribution in [2.45, 2.75) is 61.0 Å². The maximum Gasteiger partial charge on any atom is 0.460 e. The lowest BCUT2D eigenvalue weighted by Gasteiger charge is -2.42. The van der Waals surface area contributed by atoms with Crippen LogP contribution in [-0.2, 0) is 0 Å². The van der Waals surface area contributed by atoms with Gasteiger partial charge in [0.15, 0.2) is 0 Å². The van der Waals surface area contributed by atoms with Crippen LogP contribution in [0.3, 0.4) is 0 Å². The Bertz CT molecular complexity index is 608. The van der Waals surface area contributed by atoms with Crippen LogP contribution in [0.5, 0.6) is 0 Å². The molecule has 0 fully saturated rings. The molecule has 0 radical (unpaired) electrons. The van der Waals surface area contributed by atoms with E-state index >= 15 is 0 Å². The van der Waals surface area contributed by atoms with E-state index in [4.69, 9.17) is 0 Å². The minimum atomic E-state index is -8.58. The van der Waals surface area contributed by atoms with Crippen LogP contribution in [0.1, 0.15) is 13.3 Å². The number of halogens is 17. The van der Waals surface area contributed by atoms with Gasteiger partial charge >= 0.3 is 47.6 Å². The molecule has 0 heterocycles. The predicted molar refractivity (Wildman–Crippen MR) is 60.1 cm³/mol. The summed E-state index contributed by atoms with van der Waals surface area (Å²) < 4.78 is 218. The van der Waals surface area contributed by atoms with Crippen LogP contribution >= 0.6 is 0 Å². The van der Waals surface area contributed by atoms with E-state index in [1.54, 1.807) is 0 Å². The van der Waals surface area contributed by atoms with Crippen LogP contribution in [0, 0.1) is 0 Å². The van der Waals surface area contributed by atoms with E-state index in [1.807, 2.05) is 0 Å². The van der Waals surface area contributed by atoms with Crippen LogP contribution in [-0.4, -0.2) is 47.6 Å². The van der Waals surface area contributed by atoms with Gasteiger partial charge in [0.2, 0.25) is 0 Å². The molecule has 0 saturated carbocycles. The molecule has 29 heavy (non-hydrogen) atoms. The lowest BCUT2D eigenvalue weighted by molar-refractivity contribution is -0.461. The molecule has 0 rings (SSSR count). The van der Waals surface area contributed by atoms with Gasteiger partial charge in [0.25, 0.3) is 0 Å². The van der Waals surface area contributed by atoms with Gasteiger partial charge in [-0.25, -0.2) is 0 Å². The summed E-state index contributed by atoms with van der Waals surface area (Å²) in [6.45, 7) is 0.814. The molecule has 0 aromatic carbocycles. The second-order valence-electron chi connectivity index (χ2n) is 5.42. The van der Waals surface area contributed by atoms with Crippen molar-refractivity contribution in [3.05, 3.63) is 12.2 Å². The fraction of sp³-hybridized carbons (Fsp3) is 0.833. The average molecular weight is 474 g/mol. The molecule has 0 atom stereocenters. The van der Waals surface area contributed by atoms with Gasteiger partial charge in [-0.15, -0.1) is 0 Å². The Balaban J connectivity index is 6.65. The van der Waals surface area contributed by atoms with Gasteiger partial charge in [0, 0.05) is 6.42 Å². The first kappa shape index (κ1) is 27.5. The molecule has 0 nitrogen and oxygen atoms in total. The van der Waals surface area contributed by atoms with Crippen molar-refractivity contribution in [2.24, 2.45) is 0 Å². The molecule has 0 aromatic rings. The molecule has 0 aliphatic rings. The molecule has 0 saturated heterocycles. The predicted octanol–water partition coefficient (Wildman–Crippen LogP) is 6.96. The summed E-state index contributed by atoms with van der Waals surface area (Å²) in [5.41, 5.74) is 0. The zero-order valence-corrected chi connectivity index (χ0v) is 13.3. The van der Waals surface area contributed by atoms with Crippen molar-refractivity contribution in [3.63, 3.8) is 0 Å². The zero-order valence-electron chi connectivity index (χ0n) is 13.3. The summed E-state index contributed by atoms with van der Waals surface area (Å²) in [6, 6.07) is 0. The smallest absolute Gasteiger partial charge is 0.199 e. The summed E-state index contributed by atoms with van der Waals surface area (Å²) in [5, 5.41) is 0. The Labute approximate surface area is 149 Å². The Morgan fingerprint density at radius 3 is 1.00 bits per heavy atom. The Kier molecular flexibility index (Phi) is 6.71. The van der Waals surface area contributed by atoms with E-state index in [1.165, 1.54) is 0 Å². The molecule has 17 heteroatoms. The summed E-state index contributed by atoms with van der Waals surface area (Å²) in [7, 11) is 0. The van der Waals surface area contributed by atoms with E-state index in [9.17, 15) is 74.6 Å². The monoisotopic (exact) mass is 474 g/mol. The quantitative estimate of drug-likeness (QED) is 0.264. The first-order valence-electron chi connectivity index (χ1n) is 6.64. The number of hydrogen-bond acceptors (Lipinski definition) is 0. The van der Waals surface area contributed by atoms with E-state index < -0.39 is 54.1 Å². The second-order valence-corrected chi connectivity index (χ2v) is 5.42. The highest BCUT2D eigenvalue weighted by Crippen LogP contribution is 2.64. The minimum Gasteiger partial charge on any atom is -0.199 e.